The van der Waals surface area contributed by atoms with E-state index in [1.54, 1.807) is 13.0 Å². The second-order valence-corrected chi connectivity index (χ2v) is 3.76. The van der Waals surface area contributed by atoms with Crippen LogP contribution < -0.4 is 0 Å². The van der Waals surface area contributed by atoms with Gasteiger partial charge in [0.15, 0.2) is 6.10 Å². The summed E-state index contributed by atoms with van der Waals surface area (Å²) in [6.07, 6.45) is -1.54. The molecule has 0 fully saturated rings. The highest BCUT2D eigenvalue weighted by Crippen LogP contribution is 2.32. The van der Waals surface area contributed by atoms with Gasteiger partial charge in [0.2, 0.25) is 0 Å². The number of furan rings is 1. The molecule has 1 unspecified atom stereocenters. The van der Waals surface area contributed by atoms with E-state index in [1.165, 1.54) is 0 Å². The molecule has 1 heterocycles. The Bertz CT molecular complexity index is 553. The SMILES string of the molecule is Cc1oc2c(C)cccc2c1C(O)C(=O)O. The fourth-order valence-corrected chi connectivity index (χ4v) is 1.86. The summed E-state index contributed by atoms with van der Waals surface area (Å²) in [6, 6.07) is 5.44. The van der Waals surface area contributed by atoms with Crippen LogP contribution in [0.2, 0.25) is 0 Å². The van der Waals surface area contributed by atoms with Crippen molar-refractivity contribution in [1.29, 1.82) is 0 Å². The van der Waals surface area contributed by atoms with Gasteiger partial charge in [-0.05, 0) is 19.4 Å². The number of carbonyl (C=O) groups is 1. The van der Waals surface area contributed by atoms with Crippen LogP contribution in [0.3, 0.4) is 0 Å². The zero-order chi connectivity index (χ0) is 11.9. The number of aryl methyl sites for hydroxylation is 2. The van der Waals surface area contributed by atoms with E-state index in [1.807, 2.05) is 19.1 Å². The molecule has 0 saturated heterocycles. The first-order chi connectivity index (χ1) is 7.52. The predicted octanol–water partition coefficient (Wildman–Crippen LogP) is 2.17. The minimum atomic E-state index is -1.54. The summed E-state index contributed by atoms with van der Waals surface area (Å²) in [6.45, 7) is 3.53. The molecule has 4 heteroatoms. The van der Waals surface area contributed by atoms with Crippen molar-refractivity contribution < 1.29 is 19.4 Å². The molecule has 0 saturated carbocycles. The van der Waals surface area contributed by atoms with E-state index in [0.717, 1.165) is 5.56 Å². The highest BCUT2D eigenvalue weighted by Gasteiger charge is 2.24. The number of para-hydroxylation sites is 1. The normalized spacial score (nSPS) is 12.9. The van der Waals surface area contributed by atoms with E-state index < -0.39 is 12.1 Å². The smallest absolute Gasteiger partial charge is 0.337 e. The standard InChI is InChI=1S/C12H12O4/c1-6-4-3-5-8-9(10(13)12(14)15)7(2)16-11(6)8/h3-5,10,13H,1-2H3,(H,14,15). The van der Waals surface area contributed by atoms with Crippen molar-refractivity contribution in [2.45, 2.75) is 20.0 Å². The number of rotatable bonds is 2. The molecule has 2 N–H and O–H groups in total. The van der Waals surface area contributed by atoms with Crippen molar-refractivity contribution >= 4 is 16.9 Å². The fraction of sp³-hybridized carbons (Fsp3) is 0.250. The molecular formula is C12H12O4. The number of benzene rings is 1. The number of carboxylic acid groups (broad SMARTS) is 1. The Morgan fingerprint density at radius 3 is 2.69 bits per heavy atom. The van der Waals surface area contributed by atoms with Crippen molar-refractivity contribution in [1.82, 2.24) is 0 Å². The van der Waals surface area contributed by atoms with Gasteiger partial charge in [0.05, 0.1) is 0 Å². The minimum absolute atomic E-state index is 0.339. The number of hydrogen-bond acceptors (Lipinski definition) is 3. The Balaban J connectivity index is 2.74. The zero-order valence-corrected chi connectivity index (χ0v) is 9.02. The van der Waals surface area contributed by atoms with Crippen LogP contribution >= 0.6 is 0 Å². The summed E-state index contributed by atoms with van der Waals surface area (Å²) in [5.41, 5.74) is 1.89. The summed E-state index contributed by atoms with van der Waals surface area (Å²) >= 11 is 0. The van der Waals surface area contributed by atoms with Crippen LogP contribution in [-0.2, 0) is 4.79 Å². The number of aliphatic hydroxyl groups excluding tert-OH is 1. The molecule has 1 aromatic heterocycles. The van der Waals surface area contributed by atoms with Crippen molar-refractivity contribution in [3.63, 3.8) is 0 Å². The minimum Gasteiger partial charge on any atom is -0.479 e. The molecule has 4 nitrogen and oxygen atoms in total. The quantitative estimate of drug-likeness (QED) is 0.813. The van der Waals surface area contributed by atoms with Gasteiger partial charge in [-0.15, -0.1) is 0 Å². The lowest BCUT2D eigenvalue weighted by molar-refractivity contribution is -0.146. The molecule has 16 heavy (non-hydrogen) atoms. The van der Waals surface area contributed by atoms with Crippen LogP contribution in [0.25, 0.3) is 11.0 Å². The van der Waals surface area contributed by atoms with E-state index in [2.05, 4.69) is 0 Å². The Labute approximate surface area is 92.1 Å². The second kappa shape index (κ2) is 3.64. The monoisotopic (exact) mass is 220 g/mol. The molecule has 0 amide bonds. The number of hydrogen-bond donors (Lipinski definition) is 2. The van der Waals surface area contributed by atoms with E-state index >= 15 is 0 Å². The van der Waals surface area contributed by atoms with E-state index in [-0.39, 0.29) is 0 Å². The highest BCUT2D eigenvalue weighted by molar-refractivity contribution is 5.89. The number of fused-ring (bicyclic) bond motifs is 1. The van der Waals surface area contributed by atoms with Crippen LogP contribution in [0.5, 0.6) is 0 Å². The molecule has 84 valence electrons. The van der Waals surface area contributed by atoms with Gasteiger partial charge in [-0.1, -0.05) is 18.2 Å². The van der Waals surface area contributed by atoms with E-state index in [9.17, 15) is 9.90 Å². The zero-order valence-electron chi connectivity index (χ0n) is 9.02. The van der Waals surface area contributed by atoms with Crippen molar-refractivity contribution in [3.8, 4) is 0 Å². The maximum absolute atomic E-state index is 10.8. The lowest BCUT2D eigenvalue weighted by Gasteiger charge is -2.04. The average Bonchev–Trinajstić information content (AvgIpc) is 2.55. The summed E-state index contributed by atoms with van der Waals surface area (Å²) in [4.78, 5) is 10.8. The first-order valence-electron chi connectivity index (χ1n) is 4.92. The van der Waals surface area contributed by atoms with Gasteiger partial charge in [0.1, 0.15) is 11.3 Å². The average molecular weight is 220 g/mol. The molecule has 0 aliphatic carbocycles. The highest BCUT2D eigenvalue weighted by atomic mass is 16.4. The Morgan fingerprint density at radius 2 is 2.06 bits per heavy atom. The molecule has 0 radical (unpaired) electrons. The second-order valence-electron chi connectivity index (χ2n) is 3.76. The summed E-state index contributed by atoms with van der Waals surface area (Å²) in [7, 11) is 0. The van der Waals surface area contributed by atoms with Gasteiger partial charge in [-0.3, -0.25) is 0 Å². The van der Waals surface area contributed by atoms with Gasteiger partial charge in [0, 0.05) is 10.9 Å². The van der Waals surface area contributed by atoms with Gasteiger partial charge >= 0.3 is 5.97 Å². The first-order valence-corrected chi connectivity index (χ1v) is 4.92. The molecule has 1 atom stereocenters. The summed E-state index contributed by atoms with van der Waals surface area (Å²) in [5.74, 6) is -0.827. The third kappa shape index (κ3) is 1.47. The molecule has 0 bridgehead atoms. The Kier molecular flexibility index (Phi) is 2.44. The third-order valence-corrected chi connectivity index (χ3v) is 2.64. The molecular weight excluding hydrogens is 208 g/mol. The van der Waals surface area contributed by atoms with Crippen LogP contribution in [0.15, 0.2) is 22.6 Å². The molecule has 1 aromatic carbocycles. The Hall–Kier alpha value is -1.81. The largest absolute Gasteiger partial charge is 0.479 e. The van der Waals surface area contributed by atoms with Gasteiger partial charge in [0.25, 0.3) is 0 Å². The Morgan fingerprint density at radius 1 is 1.38 bits per heavy atom. The molecule has 2 aromatic rings. The van der Waals surface area contributed by atoms with Crippen molar-refractivity contribution in [3.05, 3.63) is 35.1 Å². The maximum Gasteiger partial charge on any atom is 0.337 e. The van der Waals surface area contributed by atoms with Gasteiger partial charge < -0.3 is 14.6 Å². The van der Waals surface area contributed by atoms with Gasteiger partial charge in [-0.2, -0.15) is 0 Å². The topological polar surface area (TPSA) is 70.7 Å². The van der Waals surface area contributed by atoms with Crippen LogP contribution in [0, 0.1) is 13.8 Å². The predicted molar refractivity (Wildman–Crippen MR) is 58.3 cm³/mol. The van der Waals surface area contributed by atoms with Crippen LogP contribution in [0.1, 0.15) is 23.0 Å². The van der Waals surface area contributed by atoms with E-state index in [0.29, 0.717) is 22.3 Å². The summed E-state index contributed by atoms with van der Waals surface area (Å²) < 4.78 is 5.48. The molecule has 0 aliphatic rings. The maximum atomic E-state index is 10.8. The molecule has 2 rings (SSSR count). The number of carboxylic acids is 1. The lowest BCUT2D eigenvalue weighted by Crippen LogP contribution is -2.10. The lowest BCUT2D eigenvalue weighted by atomic mass is 10.0. The van der Waals surface area contributed by atoms with Gasteiger partial charge in [-0.25, -0.2) is 4.79 Å². The van der Waals surface area contributed by atoms with Crippen molar-refractivity contribution in [2.24, 2.45) is 0 Å². The fourth-order valence-electron chi connectivity index (χ4n) is 1.86. The summed E-state index contributed by atoms with van der Waals surface area (Å²) in [5, 5.41) is 19.1. The third-order valence-electron chi connectivity index (χ3n) is 2.64. The molecule has 0 aliphatic heterocycles. The van der Waals surface area contributed by atoms with Crippen LogP contribution in [0.4, 0.5) is 0 Å². The first kappa shape index (κ1) is 10.7. The van der Waals surface area contributed by atoms with E-state index in [4.69, 9.17) is 9.52 Å². The van der Waals surface area contributed by atoms with Crippen LogP contribution in [-0.4, -0.2) is 16.2 Å². The molecule has 0 spiro atoms. The number of aliphatic hydroxyl groups is 1. The van der Waals surface area contributed by atoms with Crippen molar-refractivity contribution in [2.75, 3.05) is 0 Å². The number of aliphatic carboxylic acids is 1.